The summed E-state index contributed by atoms with van der Waals surface area (Å²) in [5.41, 5.74) is -0.296. The monoisotopic (exact) mass is 277 g/mol. The Bertz CT molecular complexity index is 328. The van der Waals surface area contributed by atoms with Crippen molar-refractivity contribution in [3.63, 3.8) is 0 Å². The molecule has 106 valence electrons. The summed E-state index contributed by atoms with van der Waals surface area (Å²) in [6, 6.07) is 0. The average Bonchev–Trinajstić information content (AvgIpc) is 2.26. The molecule has 0 saturated heterocycles. The standard InChI is InChI=1S/C12H23NO4S/c1-6-12(3,4)13-10(14)8-18(16)7-9(2)11(15)17-5/h9H,6-8H2,1-5H3,(H,13,14). The van der Waals surface area contributed by atoms with Crippen LogP contribution in [0, 0.1) is 5.92 Å². The van der Waals surface area contributed by atoms with Crippen LogP contribution in [0.4, 0.5) is 0 Å². The van der Waals surface area contributed by atoms with Gasteiger partial charge in [-0.25, -0.2) is 0 Å². The van der Waals surface area contributed by atoms with E-state index < -0.39 is 22.7 Å². The van der Waals surface area contributed by atoms with Crippen molar-refractivity contribution < 1.29 is 18.5 Å². The van der Waals surface area contributed by atoms with Gasteiger partial charge < -0.3 is 10.1 Å². The van der Waals surface area contributed by atoms with Crippen LogP contribution in [0.1, 0.15) is 34.1 Å². The van der Waals surface area contributed by atoms with E-state index in [1.807, 2.05) is 20.8 Å². The van der Waals surface area contributed by atoms with Crippen molar-refractivity contribution in [1.29, 1.82) is 0 Å². The first-order valence-electron chi connectivity index (χ1n) is 5.95. The lowest BCUT2D eigenvalue weighted by Crippen LogP contribution is -2.45. The molecular formula is C12H23NO4S. The highest BCUT2D eigenvalue weighted by molar-refractivity contribution is 7.85. The molecule has 5 nitrogen and oxygen atoms in total. The van der Waals surface area contributed by atoms with Crippen molar-refractivity contribution in [3.05, 3.63) is 0 Å². The first-order chi connectivity index (χ1) is 8.21. The Morgan fingerprint density at radius 3 is 2.39 bits per heavy atom. The molecule has 0 aromatic carbocycles. The Hall–Kier alpha value is -0.910. The highest BCUT2D eigenvalue weighted by Crippen LogP contribution is 2.07. The zero-order chi connectivity index (χ0) is 14.3. The zero-order valence-corrected chi connectivity index (χ0v) is 12.6. The number of amides is 1. The number of carbonyl (C=O) groups excluding carboxylic acids is 2. The van der Waals surface area contributed by atoms with Crippen LogP contribution in [0.5, 0.6) is 0 Å². The molecule has 0 aromatic heterocycles. The number of nitrogens with one attached hydrogen (secondary N) is 1. The molecule has 2 unspecified atom stereocenters. The maximum atomic E-state index is 11.7. The summed E-state index contributed by atoms with van der Waals surface area (Å²) in [6.07, 6.45) is 0.796. The number of hydrogen-bond acceptors (Lipinski definition) is 4. The maximum Gasteiger partial charge on any atom is 0.309 e. The lowest BCUT2D eigenvalue weighted by Gasteiger charge is -2.24. The minimum absolute atomic E-state index is 0.0786. The van der Waals surface area contributed by atoms with Crippen LogP contribution in [-0.2, 0) is 25.1 Å². The fourth-order valence-electron chi connectivity index (χ4n) is 1.26. The zero-order valence-electron chi connectivity index (χ0n) is 11.7. The minimum Gasteiger partial charge on any atom is -0.469 e. The third-order valence-corrected chi connectivity index (χ3v) is 4.15. The summed E-state index contributed by atoms with van der Waals surface area (Å²) in [5.74, 6) is -1.05. The van der Waals surface area contributed by atoms with Gasteiger partial charge in [-0.05, 0) is 20.3 Å². The molecule has 0 aliphatic carbocycles. The van der Waals surface area contributed by atoms with Gasteiger partial charge in [0.1, 0.15) is 5.75 Å². The lowest BCUT2D eigenvalue weighted by atomic mass is 10.0. The number of carbonyl (C=O) groups is 2. The van der Waals surface area contributed by atoms with Crippen molar-refractivity contribution >= 4 is 22.7 Å². The Balaban J connectivity index is 4.17. The second kappa shape index (κ2) is 7.51. The molecule has 6 heteroatoms. The third-order valence-electron chi connectivity index (χ3n) is 2.69. The summed E-state index contributed by atoms with van der Waals surface area (Å²) in [7, 11) is -0.0620. The van der Waals surface area contributed by atoms with Crippen LogP contribution in [0.15, 0.2) is 0 Å². The molecule has 2 atom stereocenters. The Kier molecular flexibility index (Phi) is 7.13. The van der Waals surface area contributed by atoms with Crippen LogP contribution in [0.3, 0.4) is 0 Å². The van der Waals surface area contributed by atoms with E-state index in [2.05, 4.69) is 10.1 Å². The van der Waals surface area contributed by atoms with Crippen LogP contribution >= 0.6 is 0 Å². The molecule has 18 heavy (non-hydrogen) atoms. The molecule has 0 saturated carbocycles. The molecule has 0 aliphatic heterocycles. The number of esters is 1. The van der Waals surface area contributed by atoms with Crippen molar-refractivity contribution in [2.45, 2.75) is 39.7 Å². The van der Waals surface area contributed by atoms with Gasteiger partial charge in [-0.15, -0.1) is 0 Å². The quantitative estimate of drug-likeness (QED) is 0.700. The first-order valence-corrected chi connectivity index (χ1v) is 7.44. The van der Waals surface area contributed by atoms with Gasteiger partial charge in [0.2, 0.25) is 5.91 Å². The van der Waals surface area contributed by atoms with E-state index in [-0.39, 0.29) is 23.0 Å². The molecule has 0 aromatic rings. The third kappa shape index (κ3) is 6.74. The topological polar surface area (TPSA) is 72.5 Å². The van der Waals surface area contributed by atoms with Crippen molar-refractivity contribution in [3.8, 4) is 0 Å². The molecule has 0 heterocycles. The summed E-state index contributed by atoms with van der Waals surface area (Å²) in [5, 5.41) is 2.81. The predicted octanol–water partition coefficient (Wildman–Crippen LogP) is 0.849. The highest BCUT2D eigenvalue weighted by Gasteiger charge is 2.21. The molecular weight excluding hydrogens is 254 g/mol. The molecule has 0 spiro atoms. The first kappa shape index (κ1) is 17.1. The minimum atomic E-state index is -1.35. The van der Waals surface area contributed by atoms with Crippen molar-refractivity contribution in [1.82, 2.24) is 5.32 Å². The molecule has 1 amide bonds. The van der Waals surface area contributed by atoms with Crippen LogP contribution in [0.25, 0.3) is 0 Å². The highest BCUT2D eigenvalue weighted by atomic mass is 32.2. The van der Waals surface area contributed by atoms with Crippen LogP contribution in [-0.4, -0.2) is 40.2 Å². The lowest BCUT2D eigenvalue weighted by molar-refractivity contribution is -0.144. The van der Waals surface area contributed by atoms with Gasteiger partial charge in [0, 0.05) is 22.1 Å². The van der Waals surface area contributed by atoms with E-state index in [1.165, 1.54) is 7.11 Å². The predicted molar refractivity (Wildman–Crippen MR) is 71.6 cm³/mol. The van der Waals surface area contributed by atoms with E-state index in [0.29, 0.717) is 0 Å². The average molecular weight is 277 g/mol. The molecule has 0 bridgehead atoms. The van der Waals surface area contributed by atoms with Crippen molar-refractivity contribution in [2.75, 3.05) is 18.6 Å². The van der Waals surface area contributed by atoms with Gasteiger partial charge in [0.15, 0.2) is 0 Å². The largest absolute Gasteiger partial charge is 0.469 e. The van der Waals surface area contributed by atoms with E-state index in [9.17, 15) is 13.8 Å². The summed E-state index contributed by atoms with van der Waals surface area (Å²) in [6.45, 7) is 7.42. The molecule has 0 rings (SSSR count). The van der Waals surface area contributed by atoms with Gasteiger partial charge in [-0.3, -0.25) is 13.8 Å². The van der Waals surface area contributed by atoms with Gasteiger partial charge in [-0.2, -0.15) is 0 Å². The van der Waals surface area contributed by atoms with Crippen LogP contribution < -0.4 is 5.32 Å². The van der Waals surface area contributed by atoms with Gasteiger partial charge in [-0.1, -0.05) is 13.8 Å². The molecule has 0 aliphatic rings. The second-order valence-electron chi connectivity index (χ2n) is 4.96. The van der Waals surface area contributed by atoms with Crippen molar-refractivity contribution in [2.24, 2.45) is 5.92 Å². The second-order valence-corrected chi connectivity index (χ2v) is 6.46. The molecule has 0 fully saturated rings. The SMILES string of the molecule is CCC(C)(C)NC(=O)CS(=O)CC(C)C(=O)OC. The Morgan fingerprint density at radius 2 is 1.94 bits per heavy atom. The Morgan fingerprint density at radius 1 is 1.39 bits per heavy atom. The summed E-state index contributed by atoms with van der Waals surface area (Å²) in [4.78, 5) is 22.8. The normalized spacial score (nSPS) is 14.7. The molecule has 1 N–H and O–H groups in total. The van der Waals surface area contributed by atoms with E-state index >= 15 is 0 Å². The molecule has 0 radical (unpaired) electrons. The summed E-state index contributed by atoms with van der Waals surface area (Å²) >= 11 is 0. The smallest absolute Gasteiger partial charge is 0.309 e. The summed E-state index contributed by atoms with van der Waals surface area (Å²) < 4.78 is 16.2. The van der Waals surface area contributed by atoms with Crippen LogP contribution in [0.2, 0.25) is 0 Å². The fourth-order valence-corrected chi connectivity index (χ4v) is 2.43. The number of rotatable bonds is 7. The fraction of sp³-hybridized carbons (Fsp3) is 0.833. The number of ether oxygens (including phenoxy) is 1. The van der Waals surface area contributed by atoms with Gasteiger partial charge in [0.25, 0.3) is 0 Å². The number of methoxy groups -OCH3 is 1. The van der Waals surface area contributed by atoms with E-state index in [1.54, 1.807) is 6.92 Å². The van der Waals surface area contributed by atoms with E-state index in [0.717, 1.165) is 6.42 Å². The number of hydrogen-bond donors (Lipinski definition) is 1. The van der Waals surface area contributed by atoms with Gasteiger partial charge in [0.05, 0.1) is 13.0 Å². The Labute approximate surface area is 111 Å². The van der Waals surface area contributed by atoms with Gasteiger partial charge >= 0.3 is 5.97 Å². The van der Waals surface area contributed by atoms with E-state index in [4.69, 9.17) is 0 Å². The maximum absolute atomic E-state index is 11.7.